The summed E-state index contributed by atoms with van der Waals surface area (Å²) in [5.74, 6) is 0.134. The smallest absolute Gasteiger partial charge is 0.263 e. The molecule has 140 valence electrons. The Morgan fingerprint density at radius 2 is 1.82 bits per heavy atom. The van der Waals surface area contributed by atoms with E-state index in [9.17, 15) is 13.5 Å². The molecule has 0 aliphatic carbocycles. The van der Waals surface area contributed by atoms with Crippen LogP contribution in [0.2, 0.25) is 0 Å². The first kappa shape index (κ1) is 18.1. The third kappa shape index (κ3) is 3.73. The van der Waals surface area contributed by atoms with Crippen LogP contribution in [0.5, 0.6) is 5.75 Å². The van der Waals surface area contributed by atoms with Crippen LogP contribution in [0.3, 0.4) is 0 Å². The summed E-state index contributed by atoms with van der Waals surface area (Å²) >= 11 is 1.21. The van der Waals surface area contributed by atoms with Crippen LogP contribution in [0, 0.1) is 0 Å². The highest BCUT2D eigenvalue weighted by Crippen LogP contribution is 2.26. The van der Waals surface area contributed by atoms with Gasteiger partial charge in [-0.2, -0.15) is 0 Å². The number of phenolic OH excluding ortho intramolecular Hbond substituents is 1. The molecule has 0 saturated heterocycles. The summed E-state index contributed by atoms with van der Waals surface area (Å²) in [5.41, 5.74) is 1.18. The summed E-state index contributed by atoms with van der Waals surface area (Å²) < 4.78 is 27.2. The average molecular weight is 409 g/mol. The van der Waals surface area contributed by atoms with Gasteiger partial charge in [-0.1, -0.05) is 30.3 Å². The maximum absolute atomic E-state index is 12.4. The van der Waals surface area contributed by atoms with E-state index in [1.54, 1.807) is 29.8 Å². The van der Waals surface area contributed by atoms with E-state index in [0.717, 1.165) is 10.8 Å². The van der Waals surface area contributed by atoms with Gasteiger partial charge in [-0.15, -0.1) is 11.3 Å². The molecule has 4 aromatic rings. The van der Waals surface area contributed by atoms with E-state index in [-0.39, 0.29) is 10.6 Å². The van der Waals surface area contributed by atoms with Crippen molar-refractivity contribution in [3.05, 3.63) is 77.8 Å². The second-order valence-electron chi connectivity index (χ2n) is 5.91. The molecule has 3 aromatic carbocycles. The molecule has 4 rings (SSSR count). The standard InChI is InChI=1S/C20H15N3O3S2/c24-19-10-5-14-3-1-2-4-17(14)18(19)13-22-15-6-8-16(9-7-15)28(25,26)23-20-21-11-12-27-20/h1-13,24H,(H,21,23). The highest BCUT2D eigenvalue weighted by atomic mass is 32.2. The van der Waals surface area contributed by atoms with Gasteiger partial charge in [-0.25, -0.2) is 13.4 Å². The molecular formula is C20H15N3O3S2. The zero-order valence-corrected chi connectivity index (χ0v) is 16.1. The van der Waals surface area contributed by atoms with Gasteiger partial charge in [0.25, 0.3) is 10.0 Å². The maximum Gasteiger partial charge on any atom is 0.263 e. The quantitative estimate of drug-likeness (QED) is 0.473. The number of rotatable bonds is 5. The first-order valence-electron chi connectivity index (χ1n) is 8.30. The Hall–Kier alpha value is -3.23. The molecule has 8 heteroatoms. The van der Waals surface area contributed by atoms with Gasteiger partial charge in [-0.3, -0.25) is 9.71 Å². The second kappa shape index (κ2) is 7.41. The Morgan fingerprint density at radius 1 is 1.04 bits per heavy atom. The monoisotopic (exact) mass is 409 g/mol. The van der Waals surface area contributed by atoms with Crippen LogP contribution in [-0.2, 0) is 10.0 Å². The van der Waals surface area contributed by atoms with Crippen LogP contribution >= 0.6 is 11.3 Å². The van der Waals surface area contributed by atoms with E-state index in [4.69, 9.17) is 0 Å². The number of phenols is 1. The van der Waals surface area contributed by atoms with Gasteiger partial charge in [0, 0.05) is 23.4 Å². The summed E-state index contributed by atoms with van der Waals surface area (Å²) in [6.07, 6.45) is 3.11. The van der Waals surface area contributed by atoms with Gasteiger partial charge < -0.3 is 5.11 Å². The third-order valence-corrected chi connectivity index (χ3v) is 6.26. The number of nitrogens with zero attached hydrogens (tertiary/aromatic N) is 2. The number of benzene rings is 3. The molecule has 1 aromatic heterocycles. The molecule has 0 bridgehead atoms. The number of aromatic nitrogens is 1. The van der Waals surface area contributed by atoms with Crippen molar-refractivity contribution in [2.75, 3.05) is 4.72 Å². The predicted molar refractivity (Wildman–Crippen MR) is 112 cm³/mol. The Labute approximate surface area is 165 Å². The largest absolute Gasteiger partial charge is 0.507 e. The Kier molecular flexibility index (Phi) is 4.81. The van der Waals surface area contributed by atoms with E-state index in [1.165, 1.54) is 29.7 Å². The highest BCUT2D eigenvalue weighted by Gasteiger charge is 2.15. The summed E-state index contributed by atoms with van der Waals surface area (Å²) in [6, 6.07) is 17.3. The Morgan fingerprint density at radius 3 is 2.57 bits per heavy atom. The lowest BCUT2D eigenvalue weighted by molar-refractivity contribution is 0.475. The van der Waals surface area contributed by atoms with Gasteiger partial charge in [0.1, 0.15) is 5.75 Å². The van der Waals surface area contributed by atoms with Crippen LogP contribution in [0.4, 0.5) is 10.8 Å². The van der Waals surface area contributed by atoms with Crippen molar-refractivity contribution in [1.29, 1.82) is 0 Å². The minimum absolute atomic E-state index is 0.120. The number of sulfonamides is 1. The fraction of sp³-hybridized carbons (Fsp3) is 0. The number of nitrogens with one attached hydrogen (secondary N) is 1. The molecule has 1 heterocycles. The van der Waals surface area contributed by atoms with Crippen molar-refractivity contribution in [2.45, 2.75) is 4.90 Å². The van der Waals surface area contributed by atoms with Crippen LogP contribution in [-0.4, -0.2) is 24.7 Å². The molecule has 0 radical (unpaired) electrons. The van der Waals surface area contributed by atoms with Crippen LogP contribution in [0.25, 0.3) is 10.8 Å². The number of fused-ring (bicyclic) bond motifs is 1. The number of anilines is 1. The molecular weight excluding hydrogens is 394 g/mol. The van der Waals surface area contributed by atoms with Crippen molar-refractivity contribution >= 4 is 49.2 Å². The fourth-order valence-corrected chi connectivity index (χ4v) is 4.51. The molecule has 0 fully saturated rings. The van der Waals surface area contributed by atoms with Gasteiger partial charge >= 0.3 is 0 Å². The van der Waals surface area contributed by atoms with Crippen LogP contribution < -0.4 is 4.72 Å². The molecule has 0 saturated carbocycles. The van der Waals surface area contributed by atoms with Crippen LogP contribution in [0.15, 0.2) is 82.1 Å². The first-order valence-corrected chi connectivity index (χ1v) is 10.7. The molecule has 0 aliphatic rings. The second-order valence-corrected chi connectivity index (χ2v) is 8.49. The number of aromatic hydroxyl groups is 1. The van der Waals surface area contributed by atoms with E-state index in [2.05, 4.69) is 14.7 Å². The van der Waals surface area contributed by atoms with Gasteiger partial charge in [-0.05, 0) is 41.1 Å². The minimum Gasteiger partial charge on any atom is -0.507 e. The van der Waals surface area contributed by atoms with Crippen molar-refractivity contribution in [3.63, 3.8) is 0 Å². The molecule has 28 heavy (non-hydrogen) atoms. The number of thiazole rings is 1. The molecule has 0 spiro atoms. The summed E-state index contributed by atoms with van der Waals surface area (Å²) in [6.45, 7) is 0. The van der Waals surface area contributed by atoms with Gasteiger partial charge in [0.2, 0.25) is 0 Å². The number of aliphatic imine (C=N–C) groups is 1. The van der Waals surface area contributed by atoms with Crippen molar-refractivity contribution in [2.24, 2.45) is 4.99 Å². The lowest BCUT2D eigenvalue weighted by Crippen LogP contribution is -2.12. The molecule has 0 amide bonds. The van der Waals surface area contributed by atoms with E-state index < -0.39 is 10.0 Å². The zero-order chi connectivity index (χ0) is 19.6. The lowest BCUT2D eigenvalue weighted by Gasteiger charge is -2.06. The van der Waals surface area contributed by atoms with Crippen molar-refractivity contribution in [3.8, 4) is 5.75 Å². The van der Waals surface area contributed by atoms with E-state index >= 15 is 0 Å². The number of hydrogen-bond acceptors (Lipinski definition) is 6. The van der Waals surface area contributed by atoms with Crippen molar-refractivity contribution < 1.29 is 13.5 Å². The fourth-order valence-electron chi connectivity index (χ4n) is 2.72. The lowest BCUT2D eigenvalue weighted by atomic mass is 10.0. The molecule has 0 unspecified atom stereocenters. The normalized spacial score (nSPS) is 11.9. The zero-order valence-electron chi connectivity index (χ0n) is 14.5. The van der Waals surface area contributed by atoms with E-state index in [0.29, 0.717) is 16.4 Å². The Balaban J connectivity index is 1.60. The topological polar surface area (TPSA) is 91.7 Å². The maximum atomic E-state index is 12.4. The summed E-state index contributed by atoms with van der Waals surface area (Å²) in [5, 5.41) is 14.1. The van der Waals surface area contributed by atoms with Gasteiger partial charge in [0.15, 0.2) is 5.13 Å². The van der Waals surface area contributed by atoms with Gasteiger partial charge in [0.05, 0.1) is 10.6 Å². The molecule has 6 nitrogen and oxygen atoms in total. The Bertz CT molecular complexity index is 1250. The highest BCUT2D eigenvalue weighted by molar-refractivity contribution is 7.93. The third-order valence-electron chi connectivity index (χ3n) is 4.09. The van der Waals surface area contributed by atoms with E-state index in [1.807, 2.05) is 30.3 Å². The first-order chi connectivity index (χ1) is 13.5. The molecule has 2 N–H and O–H groups in total. The van der Waals surface area contributed by atoms with Crippen LogP contribution in [0.1, 0.15) is 5.56 Å². The molecule has 0 aliphatic heterocycles. The SMILES string of the molecule is O=S(=O)(Nc1nccs1)c1ccc(N=Cc2c(O)ccc3ccccc23)cc1. The number of hydrogen-bond donors (Lipinski definition) is 2. The molecule has 0 atom stereocenters. The minimum atomic E-state index is -3.70. The predicted octanol–water partition coefficient (Wildman–Crippen LogP) is 4.55. The summed E-state index contributed by atoms with van der Waals surface area (Å²) in [4.78, 5) is 8.42. The summed E-state index contributed by atoms with van der Waals surface area (Å²) in [7, 11) is -3.70. The van der Waals surface area contributed by atoms with Crippen molar-refractivity contribution in [1.82, 2.24) is 4.98 Å². The average Bonchev–Trinajstić information content (AvgIpc) is 3.20.